The number of rotatable bonds is 10. The number of aliphatic hydroxyl groups is 1. The molecule has 0 bridgehead atoms. The molecule has 23 heavy (non-hydrogen) atoms. The molecule has 0 aromatic rings. The third-order valence-corrected chi connectivity index (χ3v) is 6.51. The maximum absolute atomic E-state index is 11.5. The highest BCUT2D eigenvalue weighted by molar-refractivity contribution is 5.77. The van der Waals surface area contributed by atoms with Crippen LogP contribution in [-0.2, 0) is 4.79 Å². The van der Waals surface area contributed by atoms with E-state index in [4.69, 9.17) is 0 Å². The normalized spacial score (nSPS) is 28.1. The van der Waals surface area contributed by atoms with Crippen LogP contribution >= 0.6 is 0 Å². The summed E-state index contributed by atoms with van der Waals surface area (Å²) < 4.78 is 0. The molecule has 0 aromatic carbocycles. The molecule has 134 valence electrons. The number of unbranched alkanes of at least 4 members (excludes halogenated alkanes) is 2. The maximum atomic E-state index is 11.5. The van der Waals surface area contributed by atoms with Crippen molar-refractivity contribution in [3.8, 4) is 0 Å². The fraction of sp³-hybridized carbons (Fsp3) is 0.950. The molecule has 2 aliphatic carbocycles. The number of aliphatic carboxylic acids is 1. The monoisotopic (exact) mass is 324 g/mol. The van der Waals surface area contributed by atoms with Crippen LogP contribution in [0.1, 0.15) is 96.8 Å². The van der Waals surface area contributed by atoms with Gasteiger partial charge in [-0.1, -0.05) is 71.1 Å². The molecule has 0 saturated heterocycles. The molecule has 0 spiro atoms. The minimum atomic E-state index is -1.46. The summed E-state index contributed by atoms with van der Waals surface area (Å²) in [4.78, 5) is 11.5. The van der Waals surface area contributed by atoms with Crippen LogP contribution in [0.5, 0.6) is 0 Å². The standard InChI is InChI=1S/C20H36O3/c1-2-9-16-11-8-12-17(16)10-4-3-7-15-20(23,19(21)22)18-13-5-6-14-18/h16-18,23H,2-15H2,1H3,(H,21,22)/t16-,17-,20?/m0/s1. The first-order valence-electron chi connectivity index (χ1n) is 10.0. The number of hydrogen-bond donors (Lipinski definition) is 2. The van der Waals surface area contributed by atoms with Gasteiger partial charge in [-0.15, -0.1) is 0 Å². The summed E-state index contributed by atoms with van der Waals surface area (Å²) in [5, 5.41) is 20.1. The predicted molar refractivity (Wildman–Crippen MR) is 93.4 cm³/mol. The van der Waals surface area contributed by atoms with Gasteiger partial charge in [0, 0.05) is 0 Å². The van der Waals surface area contributed by atoms with Gasteiger partial charge < -0.3 is 10.2 Å². The summed E-state index contributed by atoms with van der Waals surface area (Å²) in [6, 6.07) is 0. The zero-order chi connectivity index (χ0) is 16.7. The van der Waals surface area contributed by atoms with Crippen molar-refractivity contribution in [2.24, 2.45) is 17.8 Å². The Balaban J connectivity index is 1.68. The molecule has 3 heteroatoms. The Morgan fingerprint density at radius 1 is 0.957 bits per heavy atom. The number of carboxylic acid groups (broad SMARTS) is 1. The summed E-state index contributed by atoms with van der Waals surface area (Å²) in [6.07, 6.45) is 15.7. The molecule has 2 fully saturated rings. The Labute approximate surface area is 141 Å². The van der Waals surface area contributed by atoms with Crippen LogP contribution in [-0.4, -0.2) is 21.8 Å². The molecule has 0 aromatic heterocycles. The fourth-order valence-corrected chi connectivity index (χ4v) is 5.11. The lowest BCUT2D eigenvalue weighted by Gasteiger charge is -2.29. The molecule has 0 amide bonds. The molecule has 0 aliphatic heterocycles. The summed E-state index contributed by atoms with van der Waals surface area (Å²) in [6.45, 7) is 2.28. The first kappa shape index (κ1) is 18.8. The lowest BCUT2D eigenvalue weighted by atomic mass is 9.81. The molecule has 3 nitrogen and oxygen atoms in total. The molecule has 2 N–H and O–H groups in total. The third-order valence-electron chi connectivity index (χ3n) is 6.51. The Morgan fingerprint density at radius 2 is 1.61 bits per heavy atom. The van der Waals surface area contributed by atoms with E-state index in [-0.39, 0.29) is 5.92 Å². The topological polar surface area (TPSA) is 57.5 Å². The van der Waals surface area contributed by atoms with Crippen LogP contribution in [0, 0.1) is 17.8 Å². The van der Waals surface area contributed by atoms with E-state index in [9.17, 15) is 15.0 Å². The highest BCUT2D eigenvalue weighted by atomic mass is 16.4. The zero-order valence-electron chi connectivity index (χ0n) is 14.9. The minimum Gasteiger partial charge on any atom is -0.479 e. The molecule has 2 rings (SSSR count). The van der Waals surface area contributed by atoms with E-state index in [1.807, 2.05) is 0 Å². The third kappa shape index (κ3) is 4.95. The van der Waals surface area contributed by atoms with E-state index >= 15 is 0 Å². The lowest BCUT2D eigenvalue weighted by Crippen LogP contribution is -2.44. The highest BCUT2D eigenvalue weighted by Gasteiger charge is 2.44. The summed E-state index contributed by atoms with van der Waals surface area (Å²) in [7, 11) is 0. The van der Waals surface area contributed by atoms with Gasteiger partial charge in [0.15, 0.2) is 5.60 Å². The van der Waals surface area contributed by atoms with Crippen molar-refractivity contribution in [1.82, 2.24) is 0 Å². The van der Waals surface area contributed by atoms with Crippen LogP contribution < -0.4 is 0 Å². The van der Waals surface area contributed by atoms with E-state index in [0.717, 1.165) is 50.4 Å². The molecular formula is C20H36O3. The number of carboxylic acids is 1. The van der Waals surface area contributed by atoms with Gasteiger partial charge in [0.2, 0.25) is 0 Å². The molecule has 0 radical (unpaired) electrons. The van der Waals surface area contributed by atoms with Gasteiger partial charge in [-0.2, -0.15) is 0 Å². The van der Waals surface area contributed by atoms with Gasteiger partial charge in [-0.3, -0.25) is 0 Å². The second kappa shape index (κ2) is 9.05. The van der Waals surface area contributed by atoms with Gasteiger partial charge in [-0.05, 0) is 43.4 Å². The van der Waals surface area contributed by atoms with Gasteiger partial charge in [0.25, 0.3) is 0 Å². The molecular weight excluding hydrogens is 288 g/mol. The summed E-state index contributed by atoms with van der Waals surface area (Å²) >= 11 is 0. The SMILES string of the molecule is CCC[C@H]1CCC[C@@H]1CCCCCC(O)(C(=O)O)C1CCCC1. The summed E-state index contributed by atoms with van der Waals surface area (Å²) in [5.41, 5.74) is -1.46. The van der Waals surface area contributed by atoms with Crippen molar-refractivity contribution >= 4 is 5.97 Å². The number of hydrogen-bond acceptors (Lipinski definition) is 2. The smallest absolute Gasteiger partial charge is 0.335 e. The van der Waals surface area contributed by atoms with Gasteiger partial charge in [-0.25, -0.2) is 4.79 Å². The molecule has 1 unspecified atom stereocenters. The van der Waals surface area contributed by atoms with Gasteiger partial charge in [0.1, 0.15) is 0 Å². The Bertz CT molecular complexity index is 362. The van der Waals surface area contributed by atoms with Crippen molar-refractivity contribution in [2.45, 2.75) is 102 Å². The van der Waals surface area contributed by atoms with Crippen LogP contribution in [0.3, 0.4) is 0 Å². The minimum absolute atomic E-state index is 0.0243. The van der Waals surface area contributed by atoms with Crippen LogP contribution in [0.2, 0.25) is 0 Å². The second-order valence-electron chi connectivity index (χ2n) is 8.05. The largest absolute Gasteiger partial charge is 0.479 e. The number of carbonyl (C=O) groups is 1. The van der Waals surface area contributed by atoms with Crippen LogP contribution in [0.25, 0.3) is 0 Å². The average molecular weight is 325 g/mol. The van der Waals surface area contributed by atoms with Crippen molar-refractivity contribution in [3.63, 3.8) is 0 Å². The molecule has 2 saturated carbocycles. The highest BCUT2D eigenvalue weighted by Crippen LogP contribution is 2.39. The predicted octanol–water partition coefficient (Wildman–Crippen LogP) is 5.16. The Hall–Kier alpha value is -0.570. The van der Waals surface area contributed by atoms with Gasteiger partial charge in [0.05, 0.1) is 0 Å². The quantitative estimate of drug-likeness (QED) is 0.546. The van der Waals surface area contributed by atoms with Crippen molar-refractivity contribution in [2.75, 3.05) is 0 Å². The van der Waals surface area contributed by atoms with E-state index in [1.165, 1.54) is 44.9 Å². The Kier molecular flexibility index (Phi) is 7.39. The van der Waals surface area contributed by atoms with Crippen LogP contribution in [0.15, 0.2) is 0 Å². The lowest BCUT2D eigenvalue weighted by molar-refractivity contribution is -0.166. The molecule has 3 atom stereocenters. The van der Waals surface area contributed by atoms with Crippen molar-refractivity contribution < 1.29 is 15.0 Å². The second-order valence-corrected chi connectivity index (χ2v) is 8.05. The average Bonchev–Trinajstić information content (AvgIpc) is 3.19. The van der Waals surface area contributed by atoms with Crippen molar-refractivity contribution in [1.29, 1.82) is 0 Å². The summed E-state index contributed by atoms with van der Waals surface area (Å²) in [5.74, 6) is 0.824. The van der Waals surface area contributed by atoms with E-state index in [1.54, 1.807) is 0 Å². The maximum Gasteiger partial charge on any atom is 0.335 e. The van der Waals surface area contributed by atoms with E-state index < -0.39 is 11.6 Å². The van der Waals surface area contributed by atoms with Gasteiger partial charge >= 0.3 is 5.97 Å². The van der Waals surface area contributed by atoms with E-state index in [0.29, 0.717) is 6.42 Å². The first-order valence-corrected chi connectivity index (χ1v) is 10.0. The zero-order valence-corrected chi connectivity index (χ0v) is 14.9. The molecule has 0 heterocycles. The van der Waals surface area contributed by atoms with Crippen molar-refractivity contribution in [3.05, 3.63) is 0 Å². The molecule has 2 aliphatic rings. The first-order chi connectivity index (χ1) is 11.1. The fourth-order valence-electron chi connectivity index (χ4n) is 5.11. The Morgan fingerprint density at radius 3 is 2.22 bits per heavy atom. The van der Waals surface area contributed by atoms with Crippen LogP contribution in [0.4, 0.5) is 0 Å². The van der Waals surface area contributed by atoms with E-state index in [2.05, 4.69) is 6.92 Å².